The van der Waals surface area contributed by atoms with E-state index in [9.17, 15) is 0 Å². The largest absolute Gasteiger partial charge is 0.373 e. The molecule has 1 nitrogen and oxygen atoms in total. The molecule has 90 valence electrons. The van der Waals surface area contributed by atoms with Crippen LogP contribution in [0.4, 0.5) is 5.69 Å². The lowest BCUT2D eigenvalue weighted by Crippen LogP contribution is -2.23. The van der Waals surface area contributed by atoms with Gasteiger partial charge in [-0.25, -0.2) is 0 Å². The van der Waals surface area contributed by atoms with Gasteiger partial charge in [-0.1, -0.05) is 53.9 Å². The smallest absolute Gasteiger partial charge is 0.0642 e. The van der Waals surface area contributed by atoms with Crippen LogP contribution in [0.3, 0.4) is 0 Å². The normalized spacial score (nSPS) is 12.6. The van der Waals surface area contributed by atoms with Gasteiger partial charge in [-0.15, -0.1) is 0 Å². The monoisotopic (exact) mass is 303 g/mol. The standard InChI is InChI=1S/C13H19BrClN/c1-4-10(2)9-16(3)13-6-5-11(8-14)7-12(13)15/h5-7,10H,4,8-9H2,1-3H3. The summed E-state index contributed by atoms with van der Waals surface area (Å²) in [5, 5.41) is 1.69. The molecule has 0 spiro atoms. The Labute approximate surface area is 112 Å². The third-order valence-electron chi connectivity index (χ3n) is 2.86. The Morgan fingerprint density at radius 3 is 2.62 bits per heavy atom. The summed E-state index contributed by atoms with van der Waals surface area (Å²) >= 11 is 9.70. The predicted molar refractivity (Wildman–Crippen MR) is 76.8 cm³/mol. The number of rotatable bonds is 5. The molecule has 0 aliphatic rings. The van der Waals surface area contributed by atoms with Crippen LogP contribution in [0.5, 0.6) is 0 Å². The summed E-state index contributed by atoms with van der Waals surface area (Å²) in [6, 6.07) is 6.24. The Kier molecular flexibility index (Phi) is 5.63. The Morgan fingerprint density at radius 2 is 2.12 bits per heavy atom. The average Bonchev–Trinajstić information content (AvgIpc) is 2.28. The van der Waals surface area contributed by atoms with E-state index in [0.29, 0.717) is 5.92 Å². The number of anilines is 1. The lowest BCUT2D eigenvalue weighted by atomic mass is 10.1. The molecule has 0 aliphatic carbocycles. The SMILES string of the molecule is CCC(C)CN(C)c1ccc(CBr)cc1Cl. The molecule has 0 aliphatic heterocycles. The summed E-state index contributed by atoms with van der Waals surface area (Å²) < 4.78 is 0. The van der Waals surface area contributed by atoms with E-state index in [1.165, 1.54) is 12.0 Å². The molecule has 0 bridgehead atoms. The molecule has 0 heterocycles. The van der Waals surface area contributed by atoms with Crippen LogP contribution in [0.1, 0.15) is 25.8 Å². The van der Waals surface area contributed by atoms with Gasteiger partial charge in [0.2, 0.25) is 0 Å². The molecule has 1 unspecified atom stereocenters. The highest BCUT2D eigenvalue weighted by Crippen LogP contribution is 2.27. The zero-order valence-electron chi connectivity index (χ0n) is 10.1. The van der Waals surface area contributed by atoms with E-state index in [0.717, 1.165) is 22.6 Å². The fourth-order valence-electron chi connectivity index (χ4n) is 1.64. The molecule has 0 amide bonds. The second kappa shape index (κ2) is 6.51. The van der Waals surface area contributed by atoms with Crippen LogP contribution >= 0.6 is 27.5 Å². The highest BCUT2D eigenvalue weighted by Gasteiger charge is 2.09. The maximum Gasteiger partial charge on any atom is 0.0642 e. The van der Waals surface area contributed by atoms with Crippen molar-refractivity contribution in [3.8, 4) is 0 Å². The van der Waals surface area contributed by atoms with E-state index in [4.69, 9.17) is 11.6 Å². The van der Waals surface area contributed by atoms with Crippen molar-refractivity contribution in [1.29, 1.82) is 0 Å². The highest BCUT2D eigenvalue weighted by molar-refractivity contribution is 9.08. The lowest BCUT2D eigenvalue weighted by molar-refractivity contribution is 0.560. The minimum atomic E-state index is 0.692. The van der Waals surface area contributed by atoms with Crippen molar-refractivity contribution in [2.75, 3.05) is 18.5 Å². The van der Waals surface area contributed by atoms with E-state index in [2.05, 4.69) is 53.9 Å². The molecule has 3 heteroatoms. The molecule has 1 aromatic carbocycles. The molecular weight excluding hydrogens is 286 g/mol. The topological polar surface area (TPSA) is 3.24 Å². The van der Waals surface area contributed by atoms with Gasteiger partial charge < -0.3 is 4.90 Å². The Morgan fingerprint density at radius 1 is 1.44 bits per heavy atom. The first-order valence-corrected chi connectivity index (χ1v) is 7.14. The van der Waals surface area contributed by atoms with Gasteiger partial charge in [-0.3, -0.25) is 0 Å². The zero-order chi connectivity index (χ0) is 12.1. The van der Waals surface area contributed by atoms with Crippen LogP contribution in [-0.2, 0) is 5.33 Å². The van der Waals surface area contributed by atoms with Crippen LogP contribution in [-0.4, -0.2) is 13.6 Å². The third kappa shape index (κ3) is 3.67. The van der Waals surface area contributed by atoms with E-state index in [1.807, 2.05) is 6.07 Å². The van der Waals surface area contributed by atoms with E-state index in [-0.39, 0.29) is 0 Å². The fraction of sp³-hybridized carbons (Fsp3) is 0.538. The van der Waals surface area contributed by atoms with Gasteiger partial charge in [-0.05, 0) is 23.6 Å². The van der Waals surface area contributed by atoms with Gasteiger partial charge in [-0.2, -0.15) is 0 Å². The maximum atomic E-state index is 6.27. The summed E-state index contributed by atoms with van der Waals surface area (Å²) in [7, 11) is 2.10. The number of hydrogen-bond donors (Lipinski definition) is 0. The van der Waals surface area contributed by atoms with Crippen molar-refractivity contribution in [2.45, 2.75) is 25.6 Å². The first-order chi connectivity index (χ1) is 7.58. The molecule has 0 saturated carbocycles. The molecule has 1 atom stereocenters. The second-order valence-electron chi connectivity index (χ2n) is 4.31. The van der Waals surface area contributed by atoms with Gasteiger partial charge in [0.15, 0.2) is 0 Å². The molecule has 0 fully saturated rings. The van der Waals surface area contributed by atoms with Gasteiger partial charge in [0.25, 0.3) is 0 Å². The van der Waals surface area contributed by atoms with Crippen molar-refractivity contribution in [2.24, 2.45) is 5.92 Å². The number of halogens is 2. The van der Waals surface area contributed by atoms with Crippen LogP contribution in [0.25, 0.3) is 0 Å². The van der Waals surface area contributed by atoms with Crippen LogP contribution in [0.15, 0.2) is 18.2 Å². The molecule has 16 heavy (non-hydrogen) atoms. The molecule has 0 N–H and O–H groups in total. The second-order valence-corrected chi connectivity index (χ2v) is 5.28. The van der Waals surface area contributed by atoms with E-state index >= 15 is 0 Å². The van der Waals surface area contributed by atoms with Gasteiger partial charge >= 0.3 is 0 Å². The van der Waals surface area contributed by atoms with Crippen LogP contribution in [0.2, 0.25) is 5.02 Å². The fourth-order valence-corrected chi connectivity index (χ4v) is 2.33. The Hall–Kier alpha value is -0.210. The Bertz CT molecular complexity index is 341. The number of alkyl halides is 1. The number of hydrogen-bond acceptors (Lipinski definition) is 1. The number of nitrogens with zero attached hydrogens (tertiary/aromatic N) is 1. The van der Waals surface area contributed by atoms with E-state index in [1.54, 1.807) is 0 Å². The molecule has 0 saturated heterocycles. The summed E-state index contributed by atoms with van der Waals surface area (Å²) in [4.78, 5) is 2.23. The van der Waals surface area contributed by atoms with Crippen molar-refractivity contribution in [3.05, 3.63) is 28.8 Å². The zero-order valence-corrected chi connectivity index (χ0v) is 12.5. The Balaban J connectivity index is 2.79. The minimum absolute atomic E-state index is 0.692. The van der Waals surface area contributed by atoms with Crippen molar-refractivity contribution >= 4 is 33.2 Å². The first kappa shape index (κ1) is 13.9. The van der Waals surface area contributed by atoms with Crippen LogP contribution < -0.4 is 4.90 Å². The average molecular weight is 305 g/mol. The first-order valence-electron chi connectivity index (χ1n) is 5.64. The molecule has 1 aromatic rings. The lowest BCUT2D eigenvalue weighted by Gasteiger charge is -2.24. The maximum absolute atomic E-state index is 6.27. The molecule has 0 aromatic heterocycles. The number of benzene rings is 1. The molecule has 0 radical (unpaired) electrons. The third-order valence-corrected chi connectivity index (χ3v) is 3.81. The van der Waals surface area contributed by atoms with Crippen LogP contribution in [0, 0.1) is 5.92 Å². The summed E-state index contributed by atoms with van der Waals surface area (Å²) in [6.07, 6.45) is 1.20. The van der Waals surface area contributed by atoms with Crippen molar-refractivity contribution in [3.63, 3.8) is 0 Å². The van der Waals surface area contributed by atoms with Gasteiger partial charge in [0.1, 0.15) is 0 Å². The summed E-state index contributed by atoms with van der Waals surface area (Å²) in [6.45, 7) is 5.52. The van der Waals surface area contributed by atoms with Crippen molar-refractivity contribution < 1.29 is 0 Å². The van der Waals surface area contributed by atoms with Gasteiger partial charge in [0, 0.05) is 18.9 Å². The summed E-state index contributed by atoms with van der Waals surface area (Å²) in [5.41, 5.74) is 2.33. The predicted octanol–water partition coefficient (Wildman–Crippen LogP) is 4.72. The van der Waals surface area contributed by atoms with Crippen molar-refractivity contribution in [1.82, 2.24) is 0 Å². The van der Waals surface area contributed by atoms with Gasteiger partial charge in [0.05, 0.1) is 10.7 Å². The highest BCUT2D eigenvalue weighted by atomic mass is 79.9. The minimum Gasteiger partial charge on any atom is -0.373 e. The summed E-state index contributed by atoms with van der Waals surface area (Å²) in [5.74, 6) is 0.692. The quantitative estimate of drug-likeness (QED) is 0.712. The van der Waals surface area contributed by atoms with E-state index < -0.39 is 0 Å². The molecule has 1 rings (SSSR count). The molecular formula is C13H19BrClN.